The summed E-state index contributed by atoms with van der Waals surface area (Å²) in [7, 11) is 0. The molecule has 1 heterocycles. The summed E-state index contributed by atoms with van der Waals surface area (Å²) >= 11 is 0. The smallest absolute Gasteiger partial charge is 0.411 e. The van der Waals surface area contributed by atoms with Crippen molar-refractivity contribution in [2.24, 2.45) is 0 Å². The minimum Gasteiger partial charge on any atom is -0.479 e. The van der Waals surface area contributed by atoms with E-state index in [1.54, 1.807) is 27.7 Å². The van der Waals surface area contributed by atoms with Crippen molar-refractivity contribution >= 4 is 12.1 Å². The Bertz CT molecular complexity index is 513. The highest BCUT2D eigenvalue weighted by Crippen LogP contribution is 2.28. The number of carbonyl (C=O) groups is 2. The van der Waals surface area contributed by atoms with Gasteiger partial charge in [0.15, 0.2) is 5.54 Å². The Morgan fingerprint density at radius 2 is 1.90 bits per heavy atom. The molecule has 1 N–H and O–H groups in total. The van der Waals surface area contributed by atoms with E-state index in [1.807, 2.05) is 0 Å². The number of carbonyl (C=O) groups excluding carboxylic acids is 1. The lowest BCUT2D eigenvalue weighted by Gasteiger charge is -2.37. The highest BCUT2D eigenvalue weighted by atomic mass is 16.6. The van der Waals surface area contributed by atoms with E-state index in [1.165, 1.54) is 25.5 Å². The van der Waals surface area contributed by atoms with Crippen molar-refractivity contribution in [2.75, 3.05) is 6.54 Å². The van der Waals surface area contributed by atoms with Gasteiger partial charge in [-0.1, -0.05) is 0 Å². The zero-order valence-corrected chi connectivity index (χ0v) is 13.0. The number of carboxylic acids is 1. The highest BCUT2D eigenvalue weighted by Gasteiger charge is 2.46. The van der Waals surface area contributed by atoms with Crippen LogP contribution in [0.1, 0.15) is 40.3 Å². The lowest BCUT2D eigenvalue weighted by Crippen LogP contribution is -2.54. The van der Waals surface area contributed by atoms with Crippen molar-refractivity contribution in [3.63, 3.8) is 0 Å². The summed E-state index contributed by atoms with van der Waals surface area (Å²) in [5.74, 6) is -1.20. The second kappa shape index (κ2) is 6.07. The number of carboxylic acid groups (broad SMARTS) is 1. The SMILES string of the molecule is CCN(C(=O)OC(C)(C)C)C(C)(C(=O)O)c1cnccn1. The molecule has 7 heteroatoms. The summed E-state index contributed by atoms with van der Waals surface area (Å²) in [5, 5.41) is 9.62. The Morgan fingerprint density at radius 3 is 2.29 bits per heavy atom. The molecular formula is C14H21N3O4. The fourth-order valence-electron chi connectivity index (χ4n) is 1.86. The minimum atomic E-state index is -1.65. The number of rotatable bonds is 4. The number of aromatic nitrogens is 2. The van der Waals surface area contributed by atoms with Gasteiger partial charge >= 0.3 is 12.1 Å². The Kier molecular flexibility index (Phi) is 4.88. The third kappa shape index (κ3) is 3.68. The van der Waals surface area contributed by atoms with Gasteiger partial charge in [-0.3, -0.25) is 14.9 Å². The first-order chi connectivity index (χ1) is 9.63. The van der Waals surface area contributed by atoms with Crippen LogP contribution in [-0.4, -0.2) is 44.2 Å². The second-order valence-corrected chi connectivity index (χ2v) is 5.69. The number of hydrogen-bond donors (Lipinski definition) is 1. The Balaban J connectivity index is 3.25. The van der Waals surface area contributed by atoms with Gasteiger partial charge in [-0.15, -0.1) is 0 Å². The molecule has 0 aliphatic rings. The molecule has 116 valence electrons. The van der Waals surface area contributed by atoms with Crippen molar-refractivity contribution < 1.29 is 19.4 Å². The number of likely N-dealkylation sites (N-methyl/N-ethyl adjacent to an activating group) is 1. The molecule has 0 bridgehead atoms. The maximum atomic E-state index is 12.3. The van der Waals surface area contributed by atoms with Gasteiger partial charge in [0, 0.05) is 18.9 Å². The Labute approximate surface area is 124 Å². The monoisotopic (exact) mass is 295 g/mol. The van der Waals surface area contributed by atoms with Crippen LogP contribution in [0.2, 0.25) is 0 Å². The number of nitrogens with zero attached hydrogens (tertiary/aromatic N) is 3. The first-order valence-corrected chi connectivity index (χ1v) is 6.63. The molecule has 0 fully saturated rings. The fraction of sp³-hybridized carbons (Fsp3) is 0.571. The van der Waals surface area contributed by atoms with Crippen LogP contribution in [-0.2, 0) is 15.1 Å². The van der Waals surface area contributed by atoms with Crippen LogP contribution in [0, 0.1) is 0 Å². The van der Waals surface area contributed by atoms with Crippen LogP contribution in [0.4, 0.5) is 4.79 Å². The minimum absolute atomic E-state index is 0.161. The third-order valence-electron chi connectivity index (χ3n) is 2.95. The number of aliphatic carboxylic acids is 1. The van der Waals surface area contributed by atoms with Gasteiger partial charge in [-0.2, -0.15) is 0 Å². The van der Waals surface area contributed by atoms with E-state index >= 15 is 0 Å². The van der Waals surface area contributed by atoms with Gasteiger partial charge in [-0.05, 0) is 34.6 Å². The maximum absolute atomic E-state index is 12.3. The molecule has 1 aromatic heterocycles. The van der Waals surface area contributed by atoms with E-state index < -0.39 is 23.2 Å². The molecule has 1 unspecified atom stereocenters. The largest absolute Gasteiger partial charge is 0.479 e. The molecule has 1 rings (SSSR count). The maximum Gasteiger partial charge on any atom is 0.411 e. The molecular weight excluding hydrogens is 274 g/mol. The van der Waals surface area contributed by atoms with E-state index in [2.05, 4.69) is 9.97 Å². The van der Waals surface area contributed by atoms with Gasteiger partial charge in [0.2, 0.25) is 0 Å². The highest BCUT2D eigenvalue weighted by molar-refractivity contribution is 5.85. The van der Waals surface area contributed by atoms with E-state index in [0.29, 0.717) is 0 Å². The molecule has 1 amide bonds. The van der Waals surface area contributed by atoms with Crippen LogP contribution in [0.5, 0.6) is 0 Å². The average molecular weight is 295 g/mol. The zero-order chi connectivity index (χ0) is 16.3. The predicted octanol–water partition coefficient (Wildman–Crippen LogP) is 2.03. The molecule has 0 aliphatic heterocycles. The molecule has 0 saturated carbocycles. The van der Waals surface area contributed by atoms with Crippen molar-refractivity contribution in [2.45, 2.75) is 45.8 Å². The van der Waals surface area contributed by atoms with Gasteiger partial charge in [0.05, 0.1) is 11.9 Å². The third-order valence-corrected chi connectivity index (χ3v) is 2.95. The quantitative estimate of drug-likeness (QED) is 0.913. The number of ether oxygens (including phenoxy) is 1. The topological polar surface area (TPSA) is 92.6 Å². The average Bonchev–Trinajstić information content (AvgIpc) is 2.37. The standard InChI is InChI=1S/C14H21N3O4/c1-6-17(12(20)21-13(2,3)4)14(5,11(18)19)10-9-15-7-8-16-10/h7-9H,6H2,1-5H3,(H,18,19). The summed E-state index contributed by atoms with van der Waals surface area (Å²) in [6.45, 7) is 8.42. The molecule has 0 spiro atoms. The summed E-state index contributed by atoms with van der Waals surface area (Å²) in [5.41, 5.74) is -2.19. The normalized spacial score (nSPS) is 14.1. The summed E-state index contributed by atoms with van der Waals surface area (Å²) in [6, 6.07) is 0. The van der Waals surface area contributed by atoms with E-state index in [0.717, 1.165) is 4.90 Å². The molecule has 21 heavy (non-hydrogen) atoms. The van der Waals surface area contributed by atoms with Gasteiger partial charge in [0.1, 0.15) is 5.60 Å². The number of hydrogen-bond acceptors (Lipinski definition) is 5. The van der Waals surface area contributed by atoms with Crippen molar-refractivity contribution in [3.05, 3.63) is 24.3 Å². The summed E-state index contributed by atoms with van der Waals surface area (Å²) in [6.07, 6.45) is 3.46. The van der Waals surface area contributed by atoms with Crippen LogP contribution in [0.25, 0.3) is 0 Å². The zero-order valence-electron chi connectivity index (χ0n) is 13.0. The number of amides is 1. The van der Waals surface area contributed by atoms with Crippen LogP contribution >= 0.6 is 0 Å². The first kappa shape index (κ1) is 16.9. The van der Waals surface area contributed by atoms with Crippen LogP contribution in [0.3, 0.4) is 0 Å². The Morgan fingerprint density at radius 1 is 1.29 bits per heavy atom. The van der Waals surface area contributed by atoms with Crippen LogP contribution in [0.15, 0.2) is 18.6 Å². The molecule has 1 atom stereocenters. The van der Waals surface area contributed by atoms with Crippen molar-refractivity contribution in [3.8, 4) is 0 Å². The molecule has 0 radical (unpaired) electrons. The second-order valence-electron chi connectivity index (χ2n) is 5.69. The van der Waals surface area contributed by atoms with Gasteiger partial charge in [-0.25, -0.2) is 9.59 Å². The first-order valence-electron chi connectivity index (χ1n) is 6.63. The van der Waals surface area contributed by atoms with E-state index in [9.17, 15) is 14.7 Å². The van der Waals surface area contributed by atoms with E-state index in [4.69, 9.17) is 4.74 Å². The van der Waals surface area contributed by atoms with Crippen LogP contribution < -0.4 is 0 Å². The lowest BCUT2D eigenvalue weighted by atomic mass is 9.96. The molecule has 1 aromatic rings. The summed E-state index contributed by atoms with van der Waals surface area (Å²) in [4.78, 5) is 33.1. The summed E-state index contributed by atoms with van der Waals surface area (Å²) < 4.78 is 5.28. The fourth-order valence-corrected chi connectivity index (χ4v) is 1.86. The van der Waals surface area contributed by atoms with Gasteiger partial charge < -0.3 is 9.84 Å². The van der Waals surface area contributed by atoms with E-state index in [-0.39, 0.29) is 12.2 Å². The lowest BCUT2D eigenvalue weighted by molar-refractivity contribution is -0.151. The Hall–Kier alpha value is -2.18. The van der Waals surface area contributed by atoms with Crippen molar-refractivity contribution in [1.29, 1.82) is 0 Å². The van der Waals surface area contributed by atoms with Crippen molar-refractivity contribution in [1.82, 2.24) is 14.9 Å². The molecule has 7 nitrogen and oxygen atoms in total. The predicted molar refractivity (Wildman–Crippen MR) is 75.6 cm³/mol. The molecule has 0 saturated heterocycles. The van der Waals surface area contributed by atoms with Gasteiger partial charge in [0.25, 0.3) is 0 Å². The molecule has 0 aliphatic carbocycles. The molecule has 0 aromatic carbocycles.